The van der Waals surface area contributed by atoms with Crippen molar-refractivity contribution in [2.24, 2.45) is 4.99 Å². The van der Waals surface area contributed by atoms with Gasteiger partial charge in [-0.1, -0.05) is 18.2 Å². The molecule has 1 aromatic carbocycles. The first-order valence-corrected chi connectivity index (χ1v) is 8.39. The normalized spacial score (nSPS) is 11.4. The van der Waals surface area contributed by atoms with Gasteiger partial charge in [-0.05, 0) is 38.3 Å². The van der Waals surface area contributed by atoms with Crippen molar-refractivity contribution in [2.45, 2.75) is 33.6 Å². The third-order valence-corrected chi connectivity index (χ3v) is 3.39. The molecule has 1 aromatic rings. The van der Waals surface area contributed by atoms with E-state index in [1.165, 1.54) is 11.1 Å². The average Bonchev–Trinajstić information content (AvgIpc) is 2.53. The number of nitrogens with one attached hydrogen (secondary N) is 2. The van der Waals surface area contributed by atoms with Crippen LogP contribution in [0.5, 0.6) is 5.75 Å². The van der Waals surface area contributed by atoms with E-state index in [2.05, 4.69) is 54.6 Å². The minimum atomic E-state index is 0.679. The zero-order chi connectivity index (χ0) is 16.9. The molecule has 0 spiro atoms. The van der Waals surface area contributed by atoms with Crippen molar-refractivity contribution in [1.82, 2.24) is 10.6 Å². The number of aliphatic imine (C=N–C) groups is 1. The third-order valence-electron chi connectivity index (χ3n) is 3.39. The van der Waals surface area contributed by atoms with E-state index in [-0.39, 0.29) is 0 Å². The third kappa shape index (κ3) is 7.88. The lowest BCUT2D eigenvalue weighted by atomic mass is 10.1. The zero-order valence-corrected chi connectivity index (χ0v) is 14.9. The number of para-hydroxylation sites is 1. The molecule has 0 aromatic heterocycles. The highest BCUT2D eigenvalue weighted by Crippen LogP contribution is 2.22. The second-order valence-electron chi connectivity index (χ2n) is 5.46. The van der Waals surface area contributed by atoms with E-state index in [9.17, 15) is 0 Å². The Bertz CT molecular complexity index is 455. The van der Waals surface area contributed by atoms with Crippen LogP contribution in [0.2, 0.25) is 0 Å². The van der Waals surface area contributed by atoms with Crippen LogP contribution in [-0.4, -0.2) is 45.9 Å². The Labute approximate surface area is 140 Å². The quantitative estimate of drug-likeness (QED) is 0.395. The minimum Gasteiger partial charge on any atom is -0.493 e. The van der Waals surface area contributed by atoms with E-state index in [0.717, 1.165) is 50.8 Å². The molecule has 0 aliphatic carbocycles. The maximum atomic E-state index is 5.90. The zero-order valence-electron chi connectivity index (χ0n) is 14.9. The molecule has 130 valence electrons. The Kier molecular flexibility index (Phi) is 9.87. The SMILES string of the molecule is CCNC(=NCCCOc1c(C)cccc1C)NCCCOC. The molecule has 0 aliphatic rings. The average molecular weight is 321 g/mol. The van der Waals surface area contributed by atoms with Gasteiger partial charge in [-0.2, -0.15) is 0 Å². The largest absolute Gasteiger partial charge is 0.493 e. The summed E-state index contributed by atoms with van der Waals surface area (Å²) in [4.78, 5) is 4.56. The number of ether oxygens (including phenoxy) is 2. The molecule has 0 radical (unpaired) electrons. The van der Waals surface area contributed by atoms with Gasteiger partial charge >= 0.3 is 0 Å². The Hall–Kier alpha value is -1.75. The summed E-state index contributed by atoms with van der Waals surface area (Å²) >= 11 is 0. The monoisotopic (exact) mass is 321 g/mol. The molecule has 0 amide bonds. The summed E-state index contributed by atoms with van der Waals surface area (Å²) in [6, 6.07) is 6.21. The van der Waals surface area contributed by atoms with Gasteiger partial charge in [-0.15, -0.1) is 0 Å². The molecule has 0 aliphatic heterocycles. The maximum Gasteiger partial charge on any atom is 0.191 e. The highest BCUT2D eigenvalue weighted by molar-refractivity contribution is 5.79. The Morgan fingerprint density at radius 2 is 1.83 bits per heavy atom. The smallest absolute Gasteiger partial charge is 0.191 e. The van der Waals surface area contributed by atoms with Crippen LogP contribution >= 0.6 is 0 Å². The molecular weight excluding hydrogens is 290 g/mol. The summed E-state index contributed by atoms with van der Waals surface area (Å²) < 4.78 is 10.9. The van der Waals surface area contributed by atoms with Gasteiger partial charge in [0.2, 0.25) is 0 Å². The van der Waals surface area contributed by atoms with E-state index >= 15 is 0 Å². The minimum absolute atomic E-state index is 0.679. The molecule has 5 nitrogen and oxygen atoms in total. The van der Waals surface area contributed by atoms with Crippen LogP contribution in [-0.2, 0) is 4.74 Å². The van der Waals surface area contributed by atoms with Crippen LogP contribution in [0.3, 0.4) is 0 Å². The number of hydrogen-bond donors (Lipinski definition) is 2. The summed E-state index contributed by atoms with van der Waals surface area (Å²) in [6.45, 7) is 10.1. The Morgan fingerprint density at radius 3 is 2.48 bits per heavy atom. The van der Waals surface area contributed by atoms with E-state index in [4.69, 9.17) is 9.47 Å². The van der Waals surface area contributed by atoms with Crippen molar-refractivity contribution >= 4 is 5.96 Å². The summed E-state index contributed by atoms with van der Waals surface area (Å²) in [5, 5.41) is 6.54. The second kappa shape index (κ2) is 11.8. The van der Waals surface area contributed by atoms with Gasteiger partial charge in [-0.3, -0.25) is 4.99 Å². The highest BCUT2D eigenvalue weighted by atomic mass is 16.5. The predicted octanol–water partition coefficient (Wildman–Crippen LogP) is 2.66. The van der Waals surface area contributed by atoms with Crippen molar-refractivity contribution in [3.63, 3.8) is 0 Å². The predicted molar refractivity (Wildman–Crippen MR) is 96.5 cm³/mol. The molecule has 0 atom stereocenters. The van der Waals surface area contributed by atoms with E-state index in [1.54, 1.807) is 7.11 Å². The molecule has 5 heteroatoms. The van der Waals surface area contributed by atoms with Crippen molar-refractivity contribution in [3.05, 3.63) is 29.3 Å². The van der Waals surface area contributed by atoms with Gasteiger partial charge in [0.05, 0.1) is 6.61 Å². The molecular formula is C18H31N3O2. The summed E-state index contributed by atoms with van der Waals surface area (Å²) in [6.07, 6.45) is 1.86. The fourth-order valence-corrected chi connectivity index (χ4v) is 2.22. The molecule has 2 N–H and O–H groups in total. The number of hydrogen-bond acceptors (Lipinski definition) is 3. The Morgan fingerprint density at radius 1 is 1.09 bits per heavy atom. The molecule has 1 rings (SSSR count). The summed E-state index contributed by atoms with van der Waals surface area (Å²) in [5.74, 6) is 1.86. The van der Waals surface area contributed by atoms with Crippen LogP contribution in [0.15, 0.2) is 23.2 Å². The molecule has 0 heterocycles. The number of nitrogens with zero attached hydrogens (tertiary/aromatic N) is 1. The topological polar surface area (TPSA) is 54.9 Å². The van der Waals surface area contributed by atoms with E-state index in [0.29, 0.717) is 6.61 Å². The number of benzene rings is 1. The lowest BCUT2D eigenvalue weighted by Gasteiger charge is -2.12. The number of methoxy groups -OCH3 is 1. The number of guanidine groups is 1. The fraction of sp³-hybridized carbons (Fsp3) is 0.611. The van der Waals surface area contributed by atoms with Crippen LogP contribution in [0, 0.1) is 13.8 Å². The molecule has 23 heavy (non-hydrogen) atoms. The van der Waals surface area contributed by atoms with Crippen molar-refractivity contribution in [3.8, 4) is 5.75 Å². The van der Waals surface area contributed by atoms with Gasteiger partial charge in [0.1, 0.15) is 5.75 Å². The number of aryl methyl sites for hydroxylation is 2. The maximum absolute atomic E-state index is 5.90. The first-order chi connectivity index (χ1) is 11.2. The molecule has 0 unspecified atom stereocenters. The van der Waals surface area contributed by atoms with Gasteiger partial charge in [-0.25, -0.2) is 0 Å². The summed E-state index contributed by atoms with van der Waals surface area (Å²) in [7, 11) is 1.72. The lowest BCUT2D eigenvalue weighted by Crippen LogP contribution is -2.38. The Balaban J connectivity index is 2.31. The standard InChI is InChI=1S/C18H31N3O2/c1-5-19-18(20-11-7-13-22-4)21-12-8-14-23-17-15(2)9-6-10-16(17)3/h6,9-10H,5,7-8,11-14H2,1-4H3,(H2,19,20,21). The second-order valence-corrected chi connectivity index (χ2v) is 5.46. The van der Waals surface area contributed by atoms with Crippen molar-refractivity contribution in [1.29, 1.82) is 0 Å². The van der Waals surface area contributed by atoms with Crippen LogP contribution < -0.4 is 15.4 Å². The lowest BCUT2D eigenvalue weighted by molar-refractivity contribution is 0.195. The number of rotatable bonds is 10. The summed E-state index contributed by atoms with van der Waals surface area (Å²) in [5.41, 5.74) is 2.36. The van der Waals surface area contributed by atoms with Gasteiger partial charge in [0.25, 0.3) is 0 Å². The van der Waals surface area contributed by atoms with Crippen molar-refractivity contribution in [2.75, 3.05) is 40.0 Å². The van der Waals surface area contributed by atoms with Crippen molar-refractivity contribution < 1.29 is 9.47 Å². The fourth-order valence-electron chi connectivity index (χ4n) is 2.22. The van der Waals surface area contributed by atoms with Gasteiger partial charge in [0, 0.05) is 39.8 Å². The molecule has 0 fully saturated rings. The van der Waals surface area contributed by atoms with E-state index in [1.807, 2.05) is 0 Å². The first kappa shape index (κ1) is 19.3. The first-order valence-electron chi connectivity index (χ1n) is 8.39. The van der Waals surface area contributed by atoms with Crippen LogP contribution in [0.1, 0.15) is 30.9 Å². The molecule has 0 saturated heterocycles. The van der Waals surface area contributed by atoms with Crippen LogP contribution in [0.4, 0.5) is 0 Å². The van der Waals surface area contributed by atoms with Gasteiger partial charge in [0.15, 0.2) is 5.96 Å². The molecule has 0 bridgehead atoms. The highest BCUT2D eigenvalue weighted by Gasteiger charge is 2.02. The van der Waals surface area contributed by atoms with E-state index < -0.39 is 0 Å². The van der Waals surface area contributed by atoms with Crippen LogP contribution in [0.25, 0.3) is 0 Å². The molecule has 0 saturated carbocycles. The van der Waals surface area contributed by atoms with Gasteiger partial charge < -0.3 is 20.1 Å².